The lowest BCUT2D eigenvalue weighted by Gasteiger charge is -2.35. The largest absolute Gasteiger partial charge is 0.493 e. The third-order valence-electron chi connectivity index (χ3n) is 6.39. The van der Waals surface area contributed by atoms with Crippen molar-refractivity contribution in [2.45, 2.75) is 45.8 Å². The molecule has 38 heavy (non-hydrogen) atoms. The topological polar surface area (TPSA) is 106 Å². The van der Waals surface area contributed by atoms with E-state index >= 15 is 0 Å². The molecule has 0 spiro atoms. The van der Waals surface area contributed by atoms with Gasteiger partial charge in [-0.05, 0) is 79.5 Å². The summed E-state index contributed by atoms with van der Waals surface area (Å²) in [6.07, 6.45) is 0.270. The first kappa shape index (κ1) is 27.3. The molecule has 11 heteroatoms. The maximum absolute atomic E-state index is 14.6. The molecule has 0 fully saturated rings. The molecule has 1 aliphatic heterocycles. The molecule has 4 rings (SSSR count). The van der Waals surface area contributed by atoms with Crippen molar-refractivity contribution in [3.8, 4) is 11.4 Å². The lowest BCUT2D eigenvalue weighted by molar-refractivity contribution is 0.0648. The molecule has 2 aromatic carbocycles. The number of nitrogens with zero attached hydrogens (tertiary/aromatic N) is 3. The number of aromatic nitrogens is 2. The Balaban J connectivity index is 1.77. The van der Waals surface area contributed by atoms with Crippen molar-refractivity contribution in [2.75, 3.05) is 19.5 Å². The molecule has 1 atom stereocenters. The number of carbonyl (C=O) groups excluding carboxylic acids is 2. The van der Waals surface area contributed by atoms with Crippen LogP contribution in [-0.2, 0) is 13.0 Å². The molecule has 0 saturated heterocycles. The Morgan fingerprint density at radius 1 is 1.18 bits per heavy atom. The molecule has 0 bridgehead atoms. The van der Waals surface area contributed by atoms with Gasteiger partial charge in [0.15, 0.2) is 11.6 Å². The predicted octanol–water partition coefficient (Wildman–Crippen LogP) is 3.91. The van der Waals surface area contributed by atoms with E-state index in [9.17, 15) is 18.8 Å². The second-order valence-electron chi connectivity index (χ2n) is 9.35. The van der Waals surface area contributed by atoms with Crippen LogP contribution in [-0.4, -0.2) is 52.5 Å². The number of fused-ring (bicyclic) bond motifs is 1. The van der Waals surface area contributed by atoms with Gasteiger partial charge in [0.25, 0.3) is 17.4 Å². The van der Waals surface area contributed by atoms with Gasteiger partial charge in [-0.1, -0.05) is 0 Å². The van der Waals surface area contributed by atoms with Gasteiger partial charge in [0.2, 0.25) is 5.95 Å². The van der Waals surface area contributed by atoms with Crippen molar-refractivity contribution in [2.24, 2.45) is 0 Å². The summed E-state index contributed by atoms with van der Waals surface area (Å²) in [4.78, 5) is 45.6. The fourth-order valence-corrected chi connectivity index (χ4v) is 4.80. The first-order valence-corrected chi connectivity index (χ1v) is 12.9. The quantitative estimate of drug-likeness (QED) is 0.454. The van der Waals surface area contributed by atoms with Crippen molar-refractivity contribution in [3.05, 3.63) is 79.4 Å². The fraction of sp³-hybridized carbons (Fsp3) is 0.333. The molecule has 200 valence electrons. The Hall–Kier alpha value is -3.73. The molecule has 0 radical (unpaired) electrons. The minimum absolute atomic E-state index is 0.0356. The summed E-state index contributed by atoms with van der Waals surface area (Å²) in [6, 6.07) is 9.27. The number of halogens is 2. The van der Waals surface area contributed by atoms with Crippen LogP contribution in [0.15, 0.2) is 45.7 Å². The standard InChI is InChI=1S/C27H29BrFN5O4/c1-14(2)31-27-32-21-13-33(25(36)18-10-11-20(28)22(29)23(18)38-5)15(3)12-19(21)26(37)34(27)17-8-6-16(7-9-17)24(35)30-4/h6-11,14-15H,12-13H2,1-5H3,(H,30,35)(H,31,32)/t15-/m1/s1. The monoisotopic (exact) mass is 585 g/mol. The highest BCUT2D eigenvalue weighted by Crippen LogP contribution is 2.32. The van der Waals surface area contributed by atoms with Gasteiger partial charge in [-0.25, -0.2) is 13.9 Å². The van der Waals surface area contributed by atoms with Gasteiger partial charge in [-0.3, -0.25) is 14.4 Å². The van der Waals surface area contributed by atoms with E-state index in [1.807, 2.05) is 20.8 Å². The Labute approximate surface area is 228 Å². The van der Waals surface area contributed by atoms with Crippen LogP contribution in [0.4, 0.5) is 10.3 Å². The lowest BCUT2D eigenvalue weighted by atomic mass is 9.98. The maximum atomic E-state index is 14.6. The summed E-state index contributed by atoms with van der Waals surface area (Å²) in [5, 5.41) is 5.80. The van der Waals surface area contributed by atoms with Gasteiger partial charge in [0.05, 0.1) is 35.1 Å². The molecule has 2 amide bonds. The van der Waals surface area contributed by atoms with Gasteiger partial charge in [-0.15, -0.1) is 0 Å². The third-order valence-corrected chi connectivity index (χ3v) is 7.00. The zero-order chi connectivity index (χ0) is 27.7. The molecule has 1 aliphatic rings. The number of hydrogen-bond donors (Lipinski definition) is 2. The number of ether oxygens (including phenoxy) is 1. The van der Waals surface area contributed by atoms with E-state index in [2.05, 4.69) is 26.6 Å². The zero-order valence-corrected chi connectivity index (χ0v) is 23.3. The zero-order valence-electron chi connectivity index (χ0n) is 21.8. The van der Waals surface area contributed by atoms with E-state index in [1.165, 1.54) is 23.8 Å². The summed E-state index contributed by atoms with van der Waals surface area (Å²) in [5.74, 6) is -1.12. The summed E-state index contributed by atoms with van der Waals surface area (Å²) in [5.41, 5.74) is 1.84. The highest BCUT2D eigenvalue weighted by Gasteiger charge is 2.33. The number of rotatable bonds is 6. The molecule has 9 nitrogen and oxygen atoms in total. The van der Waals surface area contributed by atoms with E-state index in [4.69, 9.17) is 9.72 Å². The number of hydrogen-bond acceptors (Lipinski definition) is 6. The number of amides is 2. The minimum Gasteiger partial charge on any atom is -0.493 e. The predicted molar refractivity (Wildman–Crippen MR) is 146 cm³/mol. The second-order valence-corrected chi connectivity index (χ2v) is 10.2. The average Bonchev–Trinajstić information content (AvgIpc) is 2.89. The Morgan fingerprint density at radius 3 is 2.47 bits per heavy atom. The fourth-order valence-electron chi connectivity index (χ4n) is 4.49. The molecular weight excluding hydrogens is 557 g/mol. The number of carbonyl (C=O) groups is 2. The molecule has 2 N–H and O–H groups in total. The van der Waals surface area contributed by atoms with E-state index in [-0.39, 0.29) is 52.3 Å². The lowest BCUT2D eigenvalue weighted by Crippen LogP contribution is -2.46. The van der Waals surface area contributed by atoms with E-state index in [1.54, 1.807) is 36.2 Å². The van der Waals surface area contributed by atoms with Gasteiger partial charge in [-0.2, -0.15) is 0 Å². The van der Waals surface area contributed by atoms with Crippen LogP contribution in [0.2, 0.25) is 0 Å². The number of methoxy groups -OCH3 is 1. The summed E-state index contributed by atoms with van der Waals surface area (Å²) in [6.45, 7) is 5.77. The summed E-state index contributed by atoms with van der Waals surface area (Å²) >= 11 is 3.12. The maximum Gasteiger partial charge on any atom is 0.263 e. The van der Waals surface area contributed by atoms with Crippen molar-refractivity contribution in [1.82, 2.24) is 19.8 Å². The third kappa shape index (κ3) is 5.02. The van der Waals surface area contributed by atoms with E-state index in [0.29, 0.717) is 28.5 Å². The molecule has 1 aromatic heterocycles. The number of benzene rings is 2. The molecule has 0 aliphatic carbocycles. The van der Waals surface area contributed by atoms with Gasteiger partial charge < -0.3 is 20.3 Å². The van der Waals surface area contributed by atoms with Crippen LogP contribution >= 0.6 is 15.9 Å². The van der Waals surface area contributed by atoms with Crippen LogP contribution in [0.5, 0.6) is 5.75 Å². The summed E-state index contributed by atoms with van der Waals surface area (Å²) < 4.78 is 21.5. The molecule has 2 heterocycles. The molecular formula is C27H29BrFN5O4. The van der Waals surface area contributed by atoms with E-state index in [0.717, 1.165) is 0 Å². The van der Waals surface area contributed by atoms with Crippen molar-refractivity contribution < 1.29 is 18.7 Å². The van der Waals surface area contributed by atoms with Crippen molar-refractivity contribution in [3.63, 3.8) is 0 Å². The normalized spacial score (nSPS) is 14.7. The van der Waals surface area contributed by atoms with Gasteiger partial charge in [0, 0.05) is 30.3 Å². The van der Waals surface area contributed by atoms with Crippen molar-refractivity contribution >= 4 is 33.7 Å². The highest BCUT2D eigenvalue weighted by atomic mass is 79.9. The van der Waals surface area contributed by atoms with Crippen LogP contribution in [0.3, 0.4) is 0 Å². The van der Waals surface area contributed by atoms with Crippen LogP contribution in [0.1, 0.15) is 52.7 Å². The van der Waals surface area contributed by atoms with Crippen LogP contribution in [0, 0.1) is 5.82 Å². The Bertz CT molecular complexity index is 1460. The highest BCUT2D eigenvalue weighted by molar-refractivity contribution is 9.10. The number of nitrogens with one attached hydrogen (secondary N) is 2. The van der Waals surface area contributed by atoms with E-state index < -0.39 is 11.7 Å². The smallest absolute Gasteiger partial charge is 0.263 e. The summed E-state index contributed by atoms with van der Waals surface area (Å²) in [7, 11) is 2.86. The first-order chi connectivity index (χ1) is 18.1. The van der Waals surface area contributed by atoms with Gasteiger partial charge in [0.1, 0.15) is 0 Å². The number of anilines is 1. The van der Waals surface area contributed by atoms with Gasteiger partial charge >= 0.3 is 0 Å². The van der Waals surface area contributed by atoms with Crippen molar-refractivity contribution in [1.29, 1.82) is 0 Å². The van der Waals surface area contributed by atoms with Crippen LogP contribution in [0.25, 0.3) is 5.69 Å². The molecule has 0 saturated carbocycles. The molecule has 3 aromatic rings. The van der Waals surface area contributed by atoms with Crippen LogP contribution < -0.4 is 20.9 Å². The second kappa shape index (κ2) is 10.9. The SMILES string of the molecule is CNC(=O)c1ccc(-n2c(NC(C)C)nc3c(c2=O)C[C@@H](C)N(C(=O)c2ccc(Br)c(F)c2OC)C3)cc1. The minimum atomic E-state index is -0.657. The average molecular weight is 586 g/mol. The molecule has 0 unspecified atom stereocenters. The first-order valence-electron chi connectivity index (χ1n) is 12.1. The Kier molecular flexibility index (Phi) is 7.86. The Morgan fingerprint density at radius 2 is 1.87 bits per heavy atom.